The van der Waals surface area contributed by atoms with Crippen LogP contribution in [-0.2, 0) is 4.84 Å². The van der Waals surface area contributed by atoms with Gasteiger partial charge in [0.05, 0.1) is 21.3 Å². The molecule has 0 atom stereocenters. The fourth-order valence-electron chi connectivity index (χ4n) is 1.38. The van der Waals surface area contributed by atoms with Crippen molar-refractivity contribution in [2.45, 2.75) is 0 Å². The van der Waals surface area contributed by atoms with E-state index in [1.165, 1.54) is 28.4 Å². The van der Waals surface area contributed by atoms with Crippen LogP contribution in [0.4, 0.5) is 0 Å². The van der Waals surface area contributed by atoms with Gasteiger partial charge in [-0.2, -0.15) is 0 Å². The summed E-state index contributed by atoms with van der Waals surface area (Å²) in [5.41, 5.74) is 6.34. The Morgan fingerprint density at radius 2 is 1.53 bits per heavy atom. The standard InChI is InChI=1S/C11H16N2O4/c1-14-8-5-7(11(12)13-17-4)6-9(15-2)10(8)16-3/h5-6H,1-4H3,(H2,12,13). The molecule has 17 heavy (non-hydrogen) atoms. The average Bonchev–Trinajstić information content (AvgIpc) is 2.37. The molecule has 0 saturated heterocycles. The SMILES string of the molecule is CO/N=C(\N)c1cc(OC)c(OC)c(OC)c1. The summed E-state index contributed by atoms with van der Waals surface area (Å²) in [7, 11) is 6.02. The minimum Gasteiger partial charge on any atom is -0.493 e. The highest BCUT2D eigenvalue weighted by molar-refractivity contribution is 5.98. The van der Waals surface area contributed by atoms with Crippen molar-refractivity contribution in [2.24, 2.45) is 10.9 Å². The van der Waals surface area contributed by atoms with E-state index < -0.39 is 0 Å². The Morgan fingerprint density at radius 3 is 1.88 bits per heavy atom. The van der Waals surface area contributed by atoms with Crippen LogP contribution in [0, 0.1) is 0 Å². The first-order valence-corrected chi connectivity index (χ1v) is 4.84. The number of ether oxygens (including phenoxy) is 3. The zero-order valence-corrected chi connectivity index (χ0v) is 10.3. The van der Waals surface area contributed by atoms with E-state index in [-0.39, 0.29) is 5.84 Å². The molecule has 6 heteroatoms. The smallest absolute Gasteiger partial charge is 0.203 e. The van der Waals surface area contributed by atoms with Gasteiger partial charge in [0, 0.05) is 5.56 Å². The van der Waals surface area contributed by atoms with E-state index in [0.717, 1.165) is 0 Å². The summed E-state index contributed by atoms with van der Waals surface area (Å²) >= 11 is 0. The Kier molecular flexibility index (Phi) is 4.45. The van der Waals surface area contributed by atoms with Crippen molar-refractivity contribution in [3.8, 4) is 17.2 Å². The molecule has 1 aromatic carbocycles. The van der Waals surface area contributed by atoms with Gasteiger partial charge in [0.2, 0.25) is 5.75 Å². The highest BCUT2D eigenvalue weighted by atomic mass is 16.6. The van der Waals surface area contributed by atoms with Gasteiger partial charge in [-0.3, -0.25) is 0 Å². The lowest BCUT2D eigenvalue weighted by Gasteiger charge is -2.13. The third kappa shape index (κ3) is 2.72. The number of benzene rings is 1. The molecule has 1 rings (SSSR count). The molecule has 0 saturated carbocycles. The summed E-state index contributed by atoms with van der Waals surface area (Å²) in [6.45, 7) is 0. The molecule has 94 valence electrons. The zero-order valence-electron chi connectivity index (χ0n) is 10.3. The predicted octanol–water partition coefficient (Wildman–Crippen LogP) is 0.979. The van der Waals surface area contributed by atoms with E-state index in [4.69, 9.17) is 19.9 Å². The summed E-state index contributed by atoms with van der Waals surface area (Å²) in [4.78, 5) is 4.61. The van der Waals surface area contributed by atoms with Crippen LogP contribution in [-0.4, -0.2) is 34.3 Å². The number of amidine groups is 1. The summed E-state index contributed by atoms with van der Waals surface area (Å²) in [6, 6.07) is 3.39. The van der Waals surface area contributed by atoms with Crippen LogP contribution >= 0.6 is 0 Å². The molecule has 0 fully saturated rings. The Balaban J connectivity index is 3.32. The van der Waals surface area contributed by atoms with E-state index in [1.807, 2.05) is 0 Å². The van der Waals surface area contributed by atoms with Crippen LogP contribution in [0.3, 0.4) is 0 Å². The second kappa shape index (κ2) is 5.83. The molecular weight excluding hydrogens is 224 g/mol. The first-order valence-electron chi connectivity index (χ1n) is 4.84. The third-order valence-corrected chi connectivity index (χ3v) is 2.15. The van der Waals surface area contributed by atoms with E-state index in [0.29, 0.717) is 22.8 Å². The van der Waals surface area contributed by atoms with Crippen LogP contribution in [0.5, 0.6) is 17.2 Å². The summed E-state index contributed by atoms with van der Waals surface area (Å²) < 4.78 is 15.6. The van der Waals surface area contributed by atoms with Crippen molar-refractivity contribution in [1.29, 1.82) is 0 Å². The Hall–Kier alpha value is -2.11. The second-order valence-corrected chi connectivity index (χ2v) is 3.07. The Bertz CT molecular complexity index is 393. The maximum absolute atomic E-state index is 5.72. The van der Waals surface area contributed by atoms with Crippen LogP contribution in [0.15, 0.2) is 17.3 Å². The highest BCUT2D eigenvalue weighted by Crippen LogP contribution is 2.38. The van der Waals surface area contributed by atoms with Gasteiger partial charge in [0.15, 0.2) is 17.3 Å². The molecule has 1 aromatic rings. The van der Waals surface area contributed by atoms with Crippen LogP contribution < -0.4 is 19.9 Å². The van der Waals surface area contributed by atoms with E-state index in [2.05, 4.69) is 9.99 Å². The fourth-order valence-corrected chi connectivity index (χ4v) is 1.38. The number of nitrogens with zero attached hydrogens (tertiary/aromatic N) is 1. The largest absolute Gasteiger partial charge is 0.493 e. The molecule has 6 nitrogen and oxygen atoms in total. The summed E-state index contributed by atoms with van der Waals surface area (Å²) in [5.74, 6) is 1.75. The van der Waals surface area contributed by atoms with Crippen molar-refractivity contribution in [3.05, 3.63) is 17.7 Å². The molecule has 0 unspecified atom stereocenters. The molecule has 0 aliphatic heterocycles. The van der Waals surface area contributed by atoms with Crippen molar-refractivity contribution < 1.29 is 19.0 Å². The number of hydrogen-bond acceptors (Lipinski definition) is 5. The average molecular weight is 240 g/mol. The van der Waals surface area contributed by atoms with Crippen LogP contribution in [0.25, 0.3) is 0 Å². The lowest BCUT2D eigenvalue weighted by Crippen LogP contribution is -2.14. The van der Waals surface area contributed by atoms with Crippen molar-refractivity contribution in [1.82, 2.24) is 0 Å². The van der Waals surface area contributed by atoms with Gasteiger partial charge in [-0.1, -0.05) is 5.16 Å². The number of methoxy groups -OCH3 is 3. The molecule has 0 aromatic heterocycles. The van der Waals surface area contributed by atoms with Crippen LogP contribution in [0.1, 0.15) is 5.56 Å². The predicted molar refractivity (Wildman–Crippen MR) is 63.8 cm³/mol. The maximum Gasteiger partial charge on any atom is 0.203 e. The van der Waals surface area contributed by atoms with Gasteiger partial charge in [-0.15, -0.1) is 0 Å². The summed E-state index contributed by atoms with van der Waals surface area (Å²) in [6.07, 6.45) is 0. The van der Waals surface area contributed by atoms with Crippen LogP contribution in [0.2, 0.25) is 0 Å². The van der Waals surface area contributed by atoms with Crippen molar-refractivity contribution in [3.63, 3.8) is 0 Å². The van der Waals surface area contributed by atoms with Gasteiger partial charge in [0.25, 0.3) is 0 Å². The van der Waals surface area contributed by atoms with Gasteiger partial charge in [-0.25, -0.2) is 0 Å². The monoisotopic (exact) mass is 240 g/mol. The molecule has 0 heterocycles. The van der Waals surface area contributed by atoms with Gasteiger partial charge < -0.3 is 24.8 Å². The number of hydrogen-bond donors (Lipinski definition) is 1. The normalized spacial score (nSPS) is 10.9. The minimum atomic E-state index is 0.228. The van der Waals surface area contributed by atoms with E-state index >= 15 is 0 Å². The molecule has 0 radical (unpaired) electrons. The quantitative estimate of drug-likeness (QED) is 0.471. The molecule has 2 N–H and O–H groups in total. The molecule has 0 aliphatic carbocycles. The zero-order chi connectivity index (χ0) is 12.8. The number of nitrogens with two attached hydrogens (primary N) is 1. The van der Waals surface area contributed by atoms with E-state index in [1.54, 1.807) is 12.1 Å². The van der Waals surface area contributed by atoms with Gasteiger partial charge >= 0.3 is 0 Å². The number of rotatable bonds is 5. The second-order valence-electron chi connectivity index (χ2n) is 3.07. The first kappa shape index (κ1) is 13.0. The van der Waals surface area contributed by atoms with Gasteiger partial charge in [0.1, 0.15) is 7.11 Å². The molecule has 0 aliphatic rings. The highest BCUT2D eigenvalue weighted by Gasteiger charge is 2.14. The lowest BCUT2D eigenvalue weighted by atomic mass is 10.1. The van der Waals surface area contributed by atoms with Crippen molar-refractivity contribution in [2.75, 3.05) is 28.4 Å². The van der Waals surface area contributed by atoms with Crippen molar-refractivity contribution >= 4 is 5.84 Å². The molecule has 0 bridgehead atoms. The first-order chi connectivity index (χ1) is 8.17. The fraction of sp³-hybridized carbons (Fsp3) is 0.364. The third-order valence-electron chi connectivity index (χ3n) is 2.15. The topological polar surface area (TPSA) is 75.3 Å². The lowest BCUT2D eigenvalue weighted by molar-refractivity contribution is 0.213. The van der Waals surface area contributed by atoms with Gasteiger partial charge in [-0.05, 0) is 12.1 Å². The Labute approximate surface area is 99.9 Å². The maximum atomic E-state index is 5.72. The van der Waals surface area contributed by atoms with E-state index in [9.17, 15) is 0 Å². The molecule has 0 spiro atoms. The molecular formula is C11H16N2O4. The number of oxime groups is 1. The minimum absolute atomic E-state index is 0.228. The summed E-state index contributed by atoms with van der Waals surface area (Å²) in [5, 5.41) is 3.64. The Morgan fingerprint density at radius 1 is 1.00 bits per heavy atom. The molecule has 0 amide bonds.